The van der Waals surface area contributed by atoms with Gasteiger partial charge in [0.15, 0.2) is 0 Å². The molecule has 2 N–H and O–H groups in total. The quantitative estimate of drug-likeness (QED) is 0.652. The number of rotatable bonds is 5. The van der Waals surface area contributed by atoms with Gasteiger partial charge in [-0.1, -0.05) is 18.2 Å². The van der Waals surface area contributed by atoms with Gasteiger partial charge in [0, 0.05) is 18.2 Å². The maximum Gasteiger partial charge on any atom is 0.335 e. The Balaban J connectivity index is 2.22. The summed E-state index contributed by atoms with van der Waals surface area (Å²) in [7, 11) is 0. The SMILES string of the molecule is O=C(O)c1ccc(F)c(NCc2ccccc2[N+](=O)[O-])c1. The molecule has 0 saturated carbocycles. The second-order valence-electron chi connectivity index (χ2n) is 4.24. The molecule has 0 aliphatic carbocycles. The molecule has 0 amide bonds. The van der Waals surface area contributed by atoms with Gasteiger partial charge >= 0.3 is 5.97 Å². The van der Waals surface area contributed by atoms with Crippen LogP contribution in [-0.2, 0) is 6.54 Å². The summed E-state index contributed by atoms with van der Waals surface area (Å²) in [4.78, 5) is 21.2. The van der Waals surface area contributed by atoms with Crippen molar-refractivity contribution in [2.24, 2.45) is 0 Å². The van der Waals surface area contributed by atoms with Crippen LogP contribution in [0.5, 0.6) is 0 Å². The lowest BCUT2D eigenvalue weighted by molar-refractivity contribution is -0.385. The molecule has 2 rings (SSSR count). The van der Waals surface area contributed by atoms with Crippen LogP contribution in [-0.4, -0.2) is 16.0 Å². The fourth-order valence-corrected chi connectivity index (χ4v) is 1.82. The topological polar surface area (TPSA) is 92.5 Å². The molecule has 0 unspecified atom stereocenters. The first-order valence-electron chi connectivity index (χ1n) is 5.98. The highest BCUT2D eigenvalue weighted by Crippen LogP contribution is 2.21. The summed E-state index contributed by atoms with van der Waals surface area (Å²) in [6.07, 6.45) is 0. The van der Waals surface area contributed by atoms with Gasteiger partial charge < -0.3 is 10.4 Å². The molecule has 0 heterocycles. The lowest BCUT2D eigenvalue weighted by atomic mass is 10.1. The largest absolute Gasteiger partial charge is 0.478 e. The fraction of sp³-hybridized carbons (Fsp3) is 0.0714. The molecule has 21 heavy (non-hydrogen) atoms. The smallest absolute Gasteiger partial charge is 0.335 e. The molecule has 0 aliphatic rings. The number of nitro groups is 1. The molecule has 0 spiro atoms. The summed E-state index contributed by atoms with van der Waals surface area (Å²) in [6, 6.07) is 9.39. The molecule has 108 valence electrons. The maximum atomic E-state index is 13.6. The van der Waals surface area contributed by atoms with E-state index in [1.165, 1.54) is 12.1 Å². The highest BCUT2D eigenvalue weighted by atomic mass is 19.1. The van der Waals surface area contributed by atoms with E-state index in [9.17, 15) is 19.3 Å². The number of anilines is 1. The third-order valence-corrected chi connectivity index (χ3v) is 2.87. The van der Waals surface area contributed by atoms with Gasteiger partial charge in [-0.25, -0.2) is 9.18 Å². The summed E-state index contributed by atoms with van der Waals surface area (Å²) in [5.74, 6) is -1.80. The van der Waals surface area contributed by atoms with Crippen LogP contribution in [0.4, 0.5) is 15.8 Å². The number of hydrogen-bond donors (Lipinski definition) is 2. The number of aromatic carboxylic acids is 1. The predicted octanol–water partition coefficient (Wildman–Crippen LogP) is 3.04. The lowest BCUT2D eigenvalue weighted by Gasteiger charge is -2.09. The summed E-state index contributed by atoms with van der Waals surface area (Å²) in [5.41, 5.74) is 0.205. The third-order valence-electron chi connectivity index (χ3n) is 2.87. The molecule has 6 nitrogen and oxygen atoms in total. The first-order chi connectivity index (χ1) is 9.99. The summed E-state index contributed by atoms with van der Waals surface area (Å²) >= 11 is 0. The second kappa shape index (κ2) is 6.00. The van der Waals surface area contributed by atoms with E-state index in [4.69, 9.17) is 5.11 Å². The third kappa shape index (κ3) is 3.33. The van der Waals surface area contributed by atoms with E-state index in [2.05, 4.69) is 5.32 Å². The number of nitrogens with one attached hydrogen (secondary N) is 1. The zero-order chi connectivity index (χ0) is 15.4. The highest BCUT2D eigenvalue weighted by molar-refractivity contribution is 5.88. The summed E-state index contributed by atoms with van der Waals surface area (Å²) in [5, 5.41) is 22.4. The number of halogens is 1. The molecule has 0 fully saturated rings. The molecule has 0 radical (unpaired) electrons. The van der Waals surface area contributed by atoms with Crippen LogP contribution in [0.1, 0.15) is 15.9 Å². The molecule has 2 aromatic carbocycles. The van der Waals surface area contributed by atoms with Crippen LogP contribution >= 0.6 is 0 Å². The van der Waals surface area contributed by atoms with Crippen molar-refractivity contribution in [3.8, 4) is 0 Å². The first kappa shape index (κ1) is 14.4. The first-order valence-corrected chi connectivity index (χ1v) is 5.98. The van der Waals surface area contributed by atoms with E-state index in [0.717, 1.165) is 18.2 Å². The van der Waals surface area contributed by atoms with E-state index >= 15 is 0 Å². The van der Waals surface area contributed by atoms with Crippen LogP contribution in [0.15, 0.2) is 42.5 Å². The number of carbonyl (C=O) groups is 1. The maximum absolute atomic E-state index is 13.6. The van der Waals surface area contributed by atoms with E-state index in [1.807, 2.05) is 0 Å². The van der Waals surface area contributed by atoms with Crippen LogP contribution in [0, 0.1) is 15.9 Å². The van der Waals surface area contributed by atoms with Gasteiger partial charge in [0.1, 0.15) is 5.82 Å². The molecule has 2 aromatic rings. The number of para-hydroxylation sites is 1. The Morgan fingerprint density at radius 3 is 2.67 bits per heavy atom. The van der Waals surface area contributed by atoms with Gasteiger partial charge in [0.2, 0.25) is 0 Å². The molecule has 0 aliphatic heterocycles. The predicted molar refractivity (Wildman–Crippen MR) is 73.8 cm³/mol. The normalized spacial score (nSPS) is 10.1. The molecule has 0 atom stereocenters. The van der Waals surface area contributed by atoms with Crippen molar-refractivity contribution >= 4 is 17.3 Å². The Kier molecular flexibility index (Phi) is 4.13. The van der Waals surface area contributed by atoms with Gasteiger partial charge in [-0.15, -0.1) is 0 Å². The number of carboxylic acid groups (broad SMARTS) is 1. The molecule has 0 bridgehead atoms. The van der Waals surface area contributed by atoms with Gasteiger partial charge in [0.25, 0.3) is 5.69 Å². The average molecular weight is 290 g/mol. The Bertz CT molecular complexity index is 703. The monoisotopic (exact) mass is 290 g/mol. The number of nitro benzene ring substituents is 1. The Morgan fingerprint density at radius 1 is 1.29 bits per heavy atom. The minimum atomic E-state index is -1.18. The van der Waals surface area contributed by atoms with Gasteiger partial charge in [-0.2, -0.15) is 0 Å². The Labute approximate surface area is 119 Å². The number of nitrogens with zero attached hydrogens (tertiary/aromatic N) is 1. The highest BCUT2D eigenvalue weighted by Gasteiger charge is 2.13. The van der Waals surface area contributed by atoms with Crippen molar-refractivity contribution in [1.82, 2.24) is 0 Å². The Morgan fingerprint density at radius 2 is 2.00 bits per heavy atom. The van der Waals surface area contributed by atoms with Crippen LogP contribution in [0.25, 0.3) is 0 Å². The van der Waals surface area contributed by atoms with E-state index in [-0.39, 0.29) is 23.5 Å². The van der Waals surface area contributed by atoms with Gasteiger partial charge in [0.05, 0.1) is 16.2 Å². The molecule has 0 saturated heterocycles. The van der Waals surface area contributed by atoms with Crippen LogP contribution in [0.3, 0.4) is 0 Å². The second-order valence-corrected chi connectivity index (χ2v) is 4.24. The van der Waals surface area contributed by atoms with Crippen molar-refractivity contribution in [3.05, 3.63) is 69.5 Å². The van der Waals surface area contributed by atoms with Crippen LogP contribution in [0.2, 0.25) is 0 Å². The van der Waals surface area contributed by atoms with Crippen molar-refractivity contribution < 1.29 is 19.2 Å². The van der Waals surface area contributed by atoms with Crippen molar-refractivity contribution in [2.45, 2.75) is 6.54 Å². The summed E-state index contributed by atoms with van der Waals surface area (Å²) < 4.78 is 13.6. The number of benzene rings is 2. The minimum Gasteiger partial charge on any atom is -0.478 e. The molecular weight excluding hydrogens is 279 g/mol. The number of hydrogen-bond acceptors (Lipinski definition) is 4. The molecular formula is C14H11FN2O4. The average Bonchev–Trinajstić information content (AvgIpc) is 2.46. The van der Waals surface area contributed by atoms with Crippen LogP contribution < -0.4 is 5.32 Å². The van der Waals surface area contributed by atoms with Crippen molar-refractivity contribution in [1.29, 1.82) is 0 Å². The molecule has 7 heteroatoms. The molecule has 0 aromatic heterocycles. The van der Waals surface area contributed by atoms with Gasteiger partial charge in [-0.3, -0.25) is 10.1 Å². The zero-order valence-electron chi connectivity index (χ0n) is 10.7. The number of carboxylic acids is 1. The van der Waals surface area contributed by atoms with E-state index in [1.54, 1.807) is 12.1 Å². The van der Waals surface area contributed by atoms with Crippen molar-refractivity contribution in [2.75, 3.05) is 5.32 Å². The van der Waals surface area contributed by atoms with E-state index in [0.29, 0.717) is 5.56 Å². The fourth-order valence-electron chi connectivity index (χ4n) is 1.82. The minimum absolute atomic E-state index is 0.0111. The van der Waals surface area contributed by atoms with Gasteiger partial charge in [-0.05, 0) is 18.2 Å². The zero-order valence-corrected chi connectivity index (χ0v) is 10.7. The summed E-state index contributed by atoms with van der Waals surface area (Å²) in [6.45, 7) is 0.0111. The lowest BCUT2D eigenvalue weighted by Crippen LogP contribution is -2.06. The van der Waals surface area contributed by atoms with Crippen molar-refractivity contribution in [3.63, 3.8) is 0 Å². The van der Waals surface area contributed by atoms with E-state index < -0.39 is 16.7 Å². The Hall–Kier alpha value is -2.96. The standard InChI is InChI=1S/C14H11FN2O4/c15-11-6-5-9(14(18)19)7-12(11)16-8-10-3-1-2-4-13(10)17(20)21/h1-7,16H,8H2,(H,18,19).